The van der Waals surface area contributed by atoms with Gasteiger partial charge in [0.2, 0.25) is 11.8 Å². The number of anilines is 1. The van der Waals surface area contributed by atoms with Crippen molar-refractivity contribution in [2.24, 2.45) is 0 Å². The van der Waals surface area contributed by atoms with Crippen molar-refractivity contribution in [2.45, 2.75) is 38.3 Å². The quantitative estimate of drug-likeness (QED) is 0.449. The Morgan fingerprint density at radius 3 is 2.25 bits per heavy atom. The van der Waals surface area contributed by atoms with Gasteiger partial charge in [0.1, 0.15) is 12.6 Å². The van der Waals surface area contributed by atoms with Gasteiger partial charge in [-0.3, -0.25) is 13.9 Å². The number of halogens is 1. The van der Waals surface area contributed by atoms with Crippen LogP contribution in [-0.2, 0) is 26.2 Å². The van der Waals surface area contributed by atoms with Gasteiger partial charge in [-0.1, -0.05) is 48.0 Å². The third kappa shape index (κ3) is 6.25. The van der Waals surface area contributed by atoms with Crippen LogP contribution in [0.4, 0.5) is 5.69 Å². The lowest BCUT2D eigenvalue weighted by Gasteiger charge is -2.32. The molecule has 9 heteroatoms. The fourth-order valence-electron chi connectivity index (χ4n) is 3.81. The Kier molecular flexibility index (Phi) is 8.76. The predicted octanol–water partition coefficient (Wildman–Crippen LogP) is 4.32. The average Bonchev–Trinajstić information content (AvgIpc) is 2.85. The van der Waals surface area contributed by atoms with Gasteiger partial charge in [-0.2, -0.15) is 0 Å². The molecule has 0 saturated heterocycles. The second-order valence-electron chi connectivity index (χ2n) is 8.54. The van der Waals surface area contributed by atoms with Gasteiger partial charge in [-0.05, 0) is 73.9 Å². The molecule has 0 radical (unpaired) electrons. The summed E-state index contributed by atoms with van der Waals surface area (Å²) in [5.41, 5.74) is 3.02. The van der Waals surface area contributed by atoms with Gasteiger partial charge < -0.3 is 10.2 Å². The molecule has 0 spiro atoms. The van der Waals surface area contributed by atoms with Crippen LogP contribution in [-0.4, -0.2) is 44.8 Å². The zero-order valence-electron chi connectivity index (χ0n) is 20.7. The van der Waals surface area contributed by atoms with E-state index >= 15 is 0 Å². The minimum absolute atomic E-state index is 0.00556. The van der Waals surface area contributed by atoms with E-state index in [9.17, 15) is 18.0 Å². The fraction of sp³-hybridized carbons (Fsp3) is 0.259. The van der Waals surface area contributed by atoms with Crippen LogP contribution in [0.3, 0.4) is 0 Å². The number of hydrogen-bond acceptors (Lipinski definition) is 4. The van der Waals surface area contributed by atoms with Crippen LogP contribution in [0.15, 0.2) is 77.7 Å². The van der Waals surface area contributed by atoms with Gasteiger partial charge in [-0.15, -0.1) is 0 Å². The molecular weight excluding hydrogens is 498 g/mol. The normalized spacial score (nSPS) is 12.0. The highest BCUT2D eigenvalue weighted by Gasteiger charge is 2.32. The smallest absolute Gasteiger partial charge is 0.264 e. The summed E-state index contributed by atoms with van der Waals surface area (Å²) in [6, 6.07) is 19.5. The first-order valence-electron chi connectivity index (χ1n) is 11.4. The summed E-state index contributed by atoms with van der Waals surface area (Å²) in [7, 11) is -2.62. The molecule has 0 heterocycles. The number of amides is 2. The zero-order chi connectivity index (χ0) is 26.5. The number of nitrogens with one attached hydrogen (secondary N) is 1. The van der Waals surface area contributed by atoms with Gasteiger partial charge >= 0.3 is 0 Å². The molecule has 1 N–H and O–H groups in total. The van der Waals surface area contributed by atoms with Crippen molar-refractivity contribution in [3.63, 3.8) is 0 Å². The van der Waals surface area contributed by atoms with E-state index in [1.54, 1.807) is 25.1 Å². The summed E-state index contributed by atoms with van der Waals surface area (Å²) in [4.78, 5) is 27.7. The van der Waals surface area contributed by atoms with E-state index in [1.165, 1.54) is 36.2 Å². The maximum absolute atomic E-state index is 13.7. The Morgan fingerprint density at radius 2 is 1.64 bits per heavy atom. The topological polar surface area (TPSA) is 86.8 Å². The molecule has 1 atom stereocenters. The monoisotopic (exact) mass is 527 g/mol. The van der Waals surface area contributed by atoms with Crippen LogP contribution in [0.25, 0.3) is 0 Å². The van der Waals surface area contributed by atoms with Crippen molar-refractivity contribution < 1.29 is 18.0 Å². The van der Waals surface area contributed by atoms with Gasteiger partial charge in [-0.25, -0.2) is 8.42 Å². The third-order valence-corrected chi connectivity index (χ3v) is 8.03. The van der Waals surface area contributed by atoms with E-state index in [1.807, 2.05) is 44.2 Å². The number of likely N-dealkylation sites (N-methyl/N-ethyl adjacent to an activating group) is 1. The van der Waals surface area contributed by atoms with Gasteiger partial charge in [0, 0.05) is 18.6 Å². The molecule has 190 valence electrons. The number of aryl methyl sites for hydroxylation is 2. The van der Waals surface area contributed by atoms with Gasteiger partial charge in [0.05, 0.1) is 10.6 Å². The molecule has 36 heavy (non-hydrogen) atoms. The highest BCUT2D eigenvalue weighted by atomic mass is 35.5. The number of hydrogen-bond donors (Lipinski definition) is 1. The highest BCUT2D eigenvalue weighted by Crippen LogP contribution is 2.26. The molecule has 2 amide bonds. The van der Waals surface area contributed by atoms with Crippen LogP contribution in [0.2, 0.25) is 5.02 Å². The lowest BCUT2D eigenvalue weighted by molar-refractivity contribution is -0.139. The first-order chi connectivity index (χ1) is 17.0. The van der Waals surface area contributed by atoms with Crippen molar-refractivity contribution in [1.29, 1.82) is 0 Å². The lowest BCUT2D eigenvalue weighted by atomic mass is 10.1. The van der Waals surface area contributed by atoms with E-state index in [0.29, 0.717) is 10.7 Å². The summed E-state index contributed by atoms with van der Waals surface area (Å²) in [6.45, 7) is 5.06. The second kappa shape index (κ2) is 11.6. The zero-order valence-corrected chi connectivity index (χ0v) is 22.3. The Hall–Kier alpha value is -3.36. The molecule has 3 aromatic carbocycles. The van der Waals surface area contributed by atoms with Crippen molar-refractivity contribution >= 4 is 39.1 Å². The Morgan fingerprint density at radius 1 is 0.972 bits per heavy atom. The van der Waals surface area contributed by atoms with Crippen molar-refractivity contribution in [3.05, 3.63) is 94.5 Å². The Balaban J connectivity index is 2.05. The number of carbonyl (C=O) groups is 2. The minimum atomic E-state index is -4.12. The summed E-state index contributed by atoms with van der Waals surface area (Å²) in [6.07, 6.45) is 0. The molecule has 0 aliphatic carbocycles. The number of nitrogens with zero attached hydrogens (tertiary/aromatic N) is 2. The Bertz CT molecular complexity index is 1340. The molecule has 0 bridgehead atoms. The molecule has 0 aliphatic rings. The van der Waals surface area contributed by atoms with E-state index in [-0.39, 0.29) is 17.3 Å². The number of carbonyl (C=O) groups excluding carboxylic acids is 2. The van der Waals surface area contributed by atoms with Crippen molar-refractivity contribution in [3.8, 4) is 0 Å². The summed E-state index contributed by atoms with van der Waals surface area (Å²) < 4.78 is 28.5. The molecule has 3 aromatic rings. The largest absolute Gasteiger partial charge is 0.357 e. The Labute approximate surface area is 217 Å². The van der Waals surface area contributed by atoms with Gasteiger partial charge in [0.25, 0.3) is 10.0 Å². The van der Waals surface area contributed by atoms with E-state index < -0.39 is 28.5 Å². The van der Waals surface area contributed by atoms with Gasteiger partial charge in [0.15, 0.2) is 0 Å². The van der Waals surface area contributed by atoms with Crippen LogP contribution >= 0.6 is 11.6 Å². The molecule has 7 nitrogen and oxygen atoms in total. The molecule has 0 aromatic heterocycles. The fourth-order valence-corrected chi connectivity index (χ4v) is 5.34. The van der Waals surface area contributed by atoms with E-state index in [0.717, 1.165) is 21.0 Å². The summed E-state index contributed by atoms with van der Waals surface area (Å²) >= 11 is 5.97. The summed E-state index contributed by atoms with van der Waals surface area (Å²) in [5.74, 6) is -0.854. The number of benzene rings is 3. The number of rotatable bonds is 9. The SMILES string of the molecule is CNC(=O)[C@@H](C)N(Cc1ccccc1C)C(=O)CN(c1cccc(C)c1)S(=O)(=O)c1ccc(Cl)cc1. The predicted molar refractivity (Wildman–Crippen MR) is 142 cm³/mol. The van der Waals surface area contributed by atoms with Crippen molar-refractivity contribution in [1.82, 2.24) is 10.2 Å². The van der Waals surface area contributed by atoms with E-state index in [4.69, 9.17) is 11.6 Å². The second-order valence-corrected chi connectivity index (χ2v) is 10.8. The maximum atomic E-state index is 13.7. The first-order valence-corrected chi connectivity index (χ1v) is 13.3. The third-order valence-electron chi connectivity index (χ3n) is 5.99. The molecule has 0 fully saturated rings. The molecule has 0 saturated carbocycles. The summed E-state index contributed by atoms with van der Waals surface area (Å²) in [5, 5.41) is 2.98. The van der Waals surface area contributed by atoms with Crippen LogP contribution < -0.4 is 9.62 Å². The molecular formula is C27H30ClN3O4S. The number of sulfonamides is 1. The van der Waals surface area contributed by atoms with Crippen LogP contribution in [0.5, 0.6) is 0 Å². The first kappa shape index (κ1) is 27.2. The van der Waals surface area contributed by atoms with Crippen LogP contribution in [0, 0.1) is 13.8 Å². The van der Waals surface area contributed by atoms with Crippen LogP contribution in [0.1, 0.15) is 23.6 Å². The standard InChI is InChI=1S/C27H30ClN3O4S/c1-19-8-7-11-24(16-19)31(36(34,35)25-14-12-23(28)13-15-25)18-26(32)30(21(3)27(33)29-4)17-22-10-6-5-9-20(22)2/h5-16,21H,17-18H2,1-4H3,(H,29,33)/t21-/m1/s1. The van der Waals surface area contributed by atoms with E-state index in [2.05, 4.69) is 5.32 Å². The molecule has 3 rings (SSSR count). The average molecular weight is 528 g/mol. The lowest BCUT2D eigenvalue weighted by Crippen LogP contribution is -2.50. The highest BCUT2D eigenvalue weighted by molar-refractivity contribution is 7.92. The molecule has 0 unspecified atom stereocenters. The van der Waals surface area contributed by atoms with Crippen molar-refractivity contribution in [2.75, 3.05) is 17.9 Å². The maximum Gasteiger partial charge on any atom is 0.264 e. The minimum Gasteiger partial charge on any atom is -0.357 e. The molecule has 0 aliphatic heterocycles.